The Labute approximate surface area is 115 Å². The van der Waals surface area contributed by atoms with Crippen molar-refractivity contribution < 1.29 is 14.7 Å². The van der Waals surface area contributed by atoms with Crippen LogP contribution in [0.1, 0.15) is 52.4 Å². The number of nitrogens with zero attached hydrogens (tertiary/aromatic N) is 1. The molecule has 0 radical (unpaired) electrons. The number of amides is 1. The molecule has 1 saturated heterocycles. The second kappa shape index (κ2) is 5.93. The van der Waals surface area contributed by atoms with Crippen molar-refractivity contribution in [3.05, 3.63) is 0 Å². The highest BCUT2D eigenvalue weighted by molar-refractivity contribution is 5.86. The molecular weight excluding hydrogens is 242 g/mol. The molecule has 4 unspecified atom stereocenters. The molecular formula is C15H25NO3. The van der Waals surface area contributed by atoms with Crippen molar-refractivity contribution in [1.29, 1.82) is 0 Å². The average Bonchev–Trinajstić information content (AvgIpc) is 2.93. The lowest BCUT2D eigenvalue weighted by atomic mass is 9.94. The lowest BCUT2D eigenvalue weighted by Gasteiger charge is -2.27. The number of unbranched alkanes of at least 4 members (excludes halogenated alkanes) is 1. The van der Waals surface area contributed by atoms with Crippen molar-refractivity contribution in [1.82, 2.24) is 4.90 Å². The van der Waals surface area contributed by atoms with Crippen molar-refractivity contribution in [2.75, 3.05) is 6.54 Å². The standard InChI is InChI=1S/C15H25NO3/c1-3-4-6-10(2)14(17)16-9-11-7-5-8-12(11)13(16)15(18)19/h10-13H,3-9H2,1-2H3,(H,18,19). The lowest BCUT2D eigenvalue weighted by molar-refractivity contribution is -0.151. The molecule has 1 aliphatic carbocycles. The summed E-state index contributed by atoms with van der Waals surface area (Å²) in [5.74, 6) is -0.190. The van der Waals surface area contributed by atoms with Crippen LogP contribution in [0, 0.1) is 17.8 Å². The van der Waals surface area contributed by atoms with Crippen LogP contribution in [-0.2, 0) is 9.59 Å². The maximum atomic E-state index is 12.5. The van der Waals surface area contributed by atoms with Gasteiger partial charge in [-0.2, -0.15) is 0 Å². The van der Waals surface area contributed by atoms with Crippen molar-refractivity contribution in [3.63, 3.8) is 0 Å². The highest BCUT2D eigenvalue weighted by Gasteiger charge is 2.49. The highest BCUT2D eigenvalue weighted by atomic mass is 16.4. The summed E-state index contributed by atoms with van der Waals surface area (Å²) in [6.45, 7) is 4.71. The molecule has 4 nitrogen and oxygen atoms in total. The van der Waals surface area contributed by atoms with E-state index in [4.69, 9.17) is 0 Å². The first kappa shape index (κ1) is 14.4. The van der Waals surface area contributed by atoms with Gasteiger partial charge in [0.1, 0.15) is 6.04 Å². The molecule has 2 aliphatic rings. The van der Waals surface area contributed by atoms with E-state index in [2.05, 4.69) is 6.92 Å². The second-order valence-corrected chi connectivity index (χ2v) is 6.17. The van der Waals surface area contributed by atoms with Crippen LogP contribution >= 0.6 is 0 Å². The van der Waals surface area contributed by atoms with Gasteiger partial charge in [0.25, 0.3) is 0 Å². The Balaban J connectivity index is 2.06. The summed E-state index contributed by atoms with van der Waals surface area (Å²) in [6, 6.07) is -0.566. The summed E-state index contributed by atoms with van der Waals surface area (Å²) >= 11 is 0. The van der Waals surface area contributed by atoms with Crippen molar-refractivity contribution in [3.8, 4) is 0 Å². The van der Waals surface area contributed by atoms with E-state index >= 15 is 0 Å². The fraction of sp³-hybridized carbons (Fsp3) is 0.867. The van der Waals surface area contributed by atoms with Crippen molar-refractivity contribution in [2.45, 2.75) is 58.4 Å². The number of carbonyl (C=O) groups is 2. The molecule has 0 bridgehead atoms. The Kier molecular flexibility index (Phi) is 4.48. The molecule has 4 heteroatoms. The van der Waals surface area contributed by atoms with Gasteiger partial charge in [-0.25, -0.2) is 4.79 Å². The molecule has 4 atom stereocenters. The average molecular weight is 267 g/mol. The summed E-state index contributed by atoms with van der Waals surface area (Å²) < 4.78 is 0. The second-order valence-electron chi connectivity index (χ2n) is 6.17. The molecule has 19 heavy (non-hydrogen) atoms. The number of hydrogen-bond acceptors (Lipinski definition) is 2. The first-order chi connectivity index (χ1) is 9.06. The van der Waals surface area contributed by atoms with Crippen LogP contribution in [0.25, 0.3) is 0 Å². The van der Waals surface area contributed by atoms with Gasteiger partial charge in [0.2, 0.25) is 5.91 Å². The minimum atomic E-state index is -0.814. The number of carbonyl (C=O) groups excluding carboxylic acids is 1. The Hall–Kier alpha value is -1.06. The zero-order valence-electron chi connectivity index (χ0n) is 12.0. The minimum Gasteiger partial charge on any atom is -0.480 e. The smallest absolute Gasteiger partial charge is 0.326 e. The Bertz CT molecular complexity index is 355. The van der Waals surface area contributed by atoms with Gasteiger partial charge in [0, 0.05) is 12.5 Å². The van der Waals surface area contributed by atoms with Gasteiger partial charge < -0.3 is 10.0 Å². The number of fused-ring (bicyclic) bond motifs is 1. The molecule has 0 aromatic rings. The number of carboxylic acid groups (broad SMARTS) is 1. The molecule has 1 amide bonds. The van der Waals surface area contributed by atoms with E-state index < -0.39 is 12.0 Å². The summed E-state index contributed by atoms with van der Waals surface area (Å²) in [6.07, 6.45) is 6.15. The summed E-state index contributed by atoms with van der Waals surface area (Å²) in [5.41, 5.74) is 0. The molecule has 1 N–H and O–H groups in total. The van der Waals surface area contributed by atoms with Crippen molar-refractivity contribution in [2.24, 2.45) is 17.8 Å². The van der Waals surface area contributed by atoms with Crippen LogP contribution < -0.4 is 0 Å². The molecule has 0 aromatic carbocycles. The van der Waals surface area contributed by atoms with Gasteiger partial charge >= 0.3 is 5.97 Å². The third-order valence-electron chi connectivity index (χ3n) is 4.84. The normalized spacial score (nSPS) is 31.3. The van der Waals surface area contributed by atoms with Crippen LogP contribution in [0.15, 0.2) is 0 Å². The summed E-state index contributed by atoms with van der Waals surface area (Å²) in [7, 11) is 0. The highest BCUT2D eigenvalue weighted by Crippen LogP contribution is 2.42. The molecule has 0 spiro atoms. The topological polar surface area (TPSA) is 57.6 Å². The van der Waals surface area contributed by atoms with Gasteiger partial charge in [0.15, 0.2) is 0 Å². The molecule has 0 aromatic heterocycles. The minimum absolute atomic E-state index is 0.0411. The quantitative estimate of drug-likeness (QED) is 0.832. The number of aliphatic carboxylic acids is 1. The van der Waals surface area contributed by atoms with E-state index in [0.29, 0.717) is 12.5 Å². The maximum absolute atomic E-state index is 12.5. The first-order valence-electron chi connectivity index (χ1n) is 7.59. The molecule has 2 fully saturated rings. The predicted octanol–water partition coefficient (Wildman–Crippen LogP) is 2.52. The number of likely N-dealkylation sites (tertiary alicyclic amines) is 1. The van der Waals surface area contributed by atoms with Gasteiger partial charge in [-0.15, -0.1) is 0 Å². The van der Waals surface area contributed by atoms with Crippen LogP contribution in [0.4, 0.5) is 0 Å². The van der Waals surface area contributed by atoms with Crippen LogP contribution in [0.5, 0.6) is 0 Å². The molecule has 1 saturated carbocycles. The molecule has 1 aliphatic heterocycles. The molecule has 2 rings (SSSR count). The SMILES string of the molecule is CCCCC(C)C(=O)N1CC2CCCC2C1C(=O)O. The van der Waals surface area contributed by atoms with E-state index in [9.17, 15) is 14.7 Å². The summed E-state index contributed by atoms with van der Waals surface area (Å²) in [4.78, 5) is 25.6. The van der Waals surface area contributed by atoms with E-state index in [1.165, 1.54) is 0 Å². The largest absolute Gasteiger partial charge is 0.480 e. The number of rotatable bonds is 5. The third-order valence-corrected chi connectivity index (χ3v) is 4.84. The van der Waals surface area contributed by atoms with Gasteiger partial charge in [0.05, 0.1) is 0 Å². The Morgan fingerprint density at radius 3 is 2.74 bits per heavy atom. The van der Waals surface area contributed by atoms with Crippen LogP contribution in [-0.4, -0.2) is 34.5 Å². The van der Waals surface area contributed by atoms with Crippen LogP contribution in [0.3, 0.4) is 0 Å². The van der Waals surface area contributed by atoms with E-state index in [1.807, 2.05) is 6.92 Å². The third kappa shape index (κ3) is 2.77. The fourth-order valence-corrected chi connectivity index (χ4v) is 3.77. The molecule has 1 heterocycles. The maximum Gasteiger partial charge on any atom is 0.326 e. The first-order valence-corrected chi connectivity index (χ1v) is 7.59. The van der Waals surface area contributed by atoms with E-state index in [0.717, 1.165) is 38.5 Å². The van der Waals surface area contributed by atoms with Crippen LogP contribution in [0.2, 0.25) is 0 Å². The zero-order chi connectivity index (χ0) is 14.0. The number of hydrogen-bond donors (Lipinski definition) is 1. The predicted molar refractivity (Wildman–Crippen MR) is 72.7 cm³/mol. The van der Waals surface area contributed by atoms with Gasteiger partial charge in [-0.3, -0.25) is 4.79 Å². The van der Waals surface area contributed by atoms with E-state index in [-0.39, 0.29) is 17.7 Å². The van der Waals surface area contributed by atoms with Crippen molar-refractivity contribution >= 4 is 11.9 Å². The lowest BCUT2D eigenvalue weighted by Crippen LogP contribution is -2.45. The van der Waals surface area contributed by atoms with E-state index in [1.54, 1.807) is 4.90 Å². The van der Waals surface area contributed by atoms with Gasteiger partial charge in [-0.1, -0.05) is 33.1 Å². The van der Waals surface area contributed by atoms with Gasteiger partial charge in [-0.05, 0) is 31.1 Å². The zero-order valence-corrected chi connectivity index (χ0v) is 12.0. The monoisotopic (exact) mass is 267 g/mol. The molecule has 108 valence electrons. The Morgan fingerprint density at radius 1 is 1.37 bits per heavy atom. The Morgan fingerprint density at radius 2 is 2.11 bits per heavy atom. The summed E-state index contributed by atoms with van der Waals surface area (Å²) in [5, 5.41) is 9.44. The number of carboxylic acids is 1. The fourth-order valence-electron chi connectivity index (χ4n) is 3.77.